The molecule has 20 heavy (non-hydrogen) atoms. The Hall–Kier alpha value is -1.39. The van der Waals surface area contributed by atoms with Crippen molar-refractivity contribution in [3.8, 4) is 0 Å². The molecule has 1 aromatic rings. The van der Waals surface area contributed by atoms with Gasteiger partial charge in [0.1, 0.15) is 0 Å². The Kier molecular flexibility index (Phi) is 4.78. The molecule has 2 atom stereocenters. The van der Waals surface area contributed by atoms with Crippen molar-refractivity contribution in [3.63, 3.8) is 0 Å². The highest BCUT2D eigenvalue weighted by molar-refractivity contribution is 5.93. The molecule has 0 radical (unpaired) electrons. The van der Waals surface area contributed by atoms with E-state index in [1.165, 1.54) is 0 Å². The van der Waals surface area contributed by atoms with E-state index in [1.54, 1.807) is 0 Å². The van der Waals surface area contributed by atoms with Crippen LogP contribution in [0, 0.1) is 13.8 Å². The maximum Gasteiger partial charge on any atom is 0.238 e. The number of carbonyl (C=O) groups is 1. The minimum atomic E-state index is 0.0691. The molecule has 2 unspecified atom stereocenters. The Morgan fingerprint density at radius 1 is 1.40 bits per heavy atom. The van der Waals surface area contributed by atoms with Gasteiger partial charge in [-0.1, -0.05) is 12.1 Å². The molecule has 0 saturated carbocycles. The number of amides is 1. The van der Waals surface area contributed by atoms with Crippen LogP contribution in [0.1, 0.15) is 25.0 Å². The molecule has 110 valence electrons. The minimum Gasteiger partial charge on any atom is -0.325 e. The first-order chi connectivity index (χ1) is 9.45. The molecule has 2 N–H and O–H groups in total. The number of anilines is 1. The quantitative estimate of drug-likeness (QED) is 0.886. The SMILES string of the molecule is Cc1ccc(C)c(NC(=O)CN2CC(C)NCC2C)c1. The molecule has 1 saturated heterocycles. The lowest BCUT2D eigenvalue weighted by Crippen LogP contribution is -2.55. The molecule has 4 nitrogen and oxygen atoms in total. The van der Waals surface area contributed by atoms with Crippen LogP contribution in [0.4, 0.5) is 5.69 Å². The third-order valence-corrected chi connectivity index (χ3v) is 3.91. The molecule has 1 aromatic carbocycles. The molecule has 1 heterocycles. The van der Waals surface area contributed by atoms with E-state index in [-0.39, 0.29) is 5.91 Å². The van der Waals surface area contributed by atoms with Crippen LogP contribution in [-0.2, 0) is 4.79 Å². The number of rotatable bonds is 3. The van der Waals surface area contributed by atoms with Crippen molar-refractivity contribution in [3.05, 3.63) is 29.3 Å². The van der Waals surface area contributed by atoms with Crippen LogP contribution in [0.2, 0.25) is 0 Å². The Morgan fingerprint density at radius 2 is 2.15 bits per heavy atom. The van der Waals surface area contributed by atoms with Gasteiger partial charge in [-0.2, -0.15) is 0 Å². The topological polar surface area (TPSA) is 44.4 Å². The van der Waals surface area contributed by atoms with Crippen LogP contribution >= 0.6 is 0 Å². The fourth-order valence-electron chi connectivity index (χ4n) is 2.56. The molecule has 0 spiro atoms. The van der Waals surface area contributed by atoms with Gasteiger partial charge in [-0.25, -0.2) is 0 Å². The highest BCUT2D eigenvalue weighted by Gasteiger charge is 2.24. The smallest absolute Gasteiger partial charge is 0.238 e. The molecule has 0 aliphatic carbocycles. The number of benzene rings is 1. The standard InChI is InChI=1S/C16H25N3O/c1-11-5-6-12(2)15(7-11)18-16(20)10-19-9-13(3)17-8-14(19)4/h5-7,13-14,17H,8-10H2,1-4H3,(H,18,20). The van der Waals surface area contributed by atoms with Crippen LogP contribution in [0.5, 0.6) is 0 Å². The molecule has 2 rings (SSSR count). The fourth-order valence-corrected chi connectivity index (χ4v) is 2.56. The van der Waals surface area contributed by atoms with Gasteiger partial charge in [0.05, 0.1) is 6.54 Å². The maximum atomic E-state index is 12.2. The second-order valence-electron chi connectivity index (χ2n) is 5.95. The van der Waals surface area contributed by atoms with E-state index in [2.05, 4.69) is 35.4 Å². The molecular formula is C16H25N3O. The zero-order valence-corrected chi connectivity index (χ0v) is 12.9. The summed E-state index contributed by atoms with van der Waals surface area (Å²) in [5.41, 5.74) is 3.19. The molecule has 1 aliphatic rings. The van der Waals surface area contributed by atoms with Crippen LogP contribution in [0.25, 0.3) is 0 Å². The van der Waals surface area contributed by atoms with Crippen molar-refractivity contribution in [1.29, 1.82) is 0 Å². The first kappa shape index (κ1) is 15.0. The minimum absolute atomic E-state index is 0.0691. The Labute approximate surface area is 121 Å². The van der Waals surface area contributed by atoms with Crippen molar-refractivity contribution in [2.45, 2.75) is 39.8 Å². The average molecular weight is 275 g/mol. The molecule has 0 aromatic heterocycles. The summed E-state index contributed by atoms with van der Waals surface area (Å²) in [5.74, 6) is 0.0691. The van der Waals surface area contributed by atoms with E-state index in [0.717, 1.165) is 29.9 Å². The van der Waals surface area contributed by atoms with Crippen molar-refractivity contribution < 1.29 is 4.79 Å². The van der Waals surface area contributed by atoms with Gasteiger partial charge < -0.3 is 10.6 Å². The Morgan fingerprint density at radius 3 is 2.90 bits per heavy atom. The maximum absolute atomic E-state index is 12.2. The summed E-state index contributed by atoms with van der Waals surface area (Å²) in [6.45, 7) is 10.7. The summed E-state index contributed by atoms with van der Waals surface area (Å²) >= 11 is 0. The van der Waals surface area contributed by atoms with E-state index >= 15 is 0 Å². The monoisotopic (exact) mass is 275 g/mol. The van der Waals surface area contributed by atoms with Crippen molar-refractivity contribution in [1.82, 2.24) is 10.2 Å². The molecule has 4 heteroatoms. The van der Waals surface area contributed by atoms with Gasteiger partial charge in [-0.05, 0) is 44.9 Å². The summed E-state index contributed by atoms with van der Waals surface area (Å²) in [5, 5.41) is 6.46. The lowest BCUT2D eigenvalue weighted by atomic mass is 10.1. The van der Waals surface area contributed by atoms with Crippen LogP contribution in [0.3, 0.4) is 0 Å². The number of carbonyl (C=O) groups excluding carboxylic acids is 1. The molecular weight excluding hydrogens is 250 g/mol. The highest BCUT2D eigenvalue weighted by atomic mass is 16.2. The zero-order chi connectivity index (χ0) is 14.7. The molecule has 1 fully saturated rings. The highest BCUT2D eigenvalue weighted by Crippen LogP contribution is 2.16. The van der Waals surface area contributed by atoms with Gasteiger partial charge in [-0.15, -0.1) is 0 Å². The first-order valence-corrected chi connectivity index (χ1v) is 7.30. The van der Waals surface area contributed by atoms with E-state index in [1.807, 2.05) is 26.0 Å². The van der Waals surface area contributed by atoms with E-state index in [0.29, 0.717) is 18.6 Å². The van der Waals surface area contributed by atoms with Crippen LogP contribution in [-0.4, -0.2) is 42.5 Å². The molecule has 1 aliphatic heterocycles. The van der Waals surface area contributed by atoms with Gasteiger partial charge in [0.2, 0.25) is 5.91 Å². The molecule has 1 amide bonds. The van der Waals surface area contributed by atoms with Crippen molar-refractivity contribution in [2.75, 3.05) is 25.0 Å². The lowest BCUT2D eigenvalue weighted by molar-refractivity contribution is -0.118. The summed E-state index contributed by atoms with van der Waals surface area (Å²) in [6, 6.07) is 6.97. The van der Waals surface area contributed by atoms with E-state index in [4.69, 9.17) is 0 Å². The predicted molar refractivity (Wildman–Crippen MR) is 83.0 cm³/mol. The second-order valence-corrected chi connectivity index (χ2v) is 5.95. The number of piperazine rings is 1. The first-order valence-electron chi connectivity index (χ1n) is 7.30. The Bertz CT molecular complexity index is 487. The lowest BCUT2D eigenvalue weighted by Gasteiger charge is -2.37. The normalized spacial score (nSPS) is 23.6. The number of hydrogen-bond donors (Lipinski definition) is 2. The summed E-state index contributed by atoms with van der Waals surface area (Å²) in [7, 11) is 0. The van der Waals surface area contributed by atoms with Gasteiger partial charge in [0.15, 0.2) is 0 Å². The largest absolute Gasteiger partial charge is 0.325 e. The number of nitrogens with one attached hydrogen (secondary N) is 2. The Balaban J connectivity index is 1.96. The second kappa shape index (κ2) is 6.37. The van der Waals surface area contributed by atoms with Crippen LogP contribution in [0.15, 0.2) is 18.2 Å². The predicted octanol–water partition coefficient (Wildman–Crippen LogP) is 1.92. The summed E-state index contributed by atoms with van der Waals surface area (Å²) in [4.78, 5) is 14.5. The molecule has 0 bridgehead atoms. The van der Waals surface area contributed by atoms with Crippen molar-refractivity contribution in [2.24, 2.45) is 0 Å². The van der Waals surface area contributed by atoms with E-state index in [9.17, 15) is 4.79 Å². The van der Waals surface area contributed by atoms with E-state index < -0.39 is 0 Å². The number of hydrogen-bond acceptors (Lipinski definition) is 3. The van der Waals surface area contributed by atoms with Gasteiger partial charge in [0.25, 0.3) is 0 Å². The third-order valence-electron chi connectivity index (χ3n) is 3.91. The summed E-state index contributed by atoms with van der Waals surface area (Å²) < 4.78 is 0. The average Bonchev–Trinajstić information content (AvgIpc) is 2.38. The van der Waals surface area contributed by atoms with Gasteiger partial charge in [-0.3, -0.25) is 9.69 Å². The van der Waals surface area contributed by atoms with Gasteiger partial charge >= 0.3 is 0 Å². The third kappa shape index (κ3) is 3.81. The number of aryl methyl sites for hydroxylation is 2. The number of nitrogens with zero attached hydrogens (tertiary/aromatic N) is 1. The van der Waals surface area contributed by atoms with Crippen molar-refractivity contribution >= 4 is 11.6 Å². The van der Waals surface area contributed by atoms with Gasteiger partial charge in [0, 0.05) is 30.9 Å². The zero-order valence-electron chi connectivity index (χ0n) is 12.9. The summed E-state index contributed by atoms with van der Waals surface area (Å²) in [6.07, 6.45) is 0. The van der Waals surface area contributed by atoms with Crippen LogP contribution < -0.4 is 10.6 Å². The fraction of sp³-hybridized carbons (Fsp3) is 0.562.